The number of aryl methyl sites for hydroxylation is 1. The number of rotatable bonds is 7. The van der Waals surface area contributed by atoms with Crippen molar-refractivity contribution >= 4 is 56.9 Å². The van der Waals surface area contributed by atoms with E-state index in [2.05, 4.69) is 43.3 Å². The standard InChI is InChI=1S/C23H20N6O3S2/c1-14-19(20(31)32-2)34-21(24-14)25-18(30)13-33-23-27-26-22-28(12-15-8-4-3-5-9-15)16-10-6-7-11-17(16)29(22)23/h3-11H,12-13H2,1-2H3,(H,24,25,30). The van der Waals surface area contributed by atoms with Gasteiger partial charge in [-0.15, -0.1) is 10.2 Å². The van der Waals surface area contributed by atoms with Gasteiger partial charge in [-0.1, -0.05) is 65.6 Å². The summed E-state index contributed by atoms with van der Waals surface area (Å²) in [4.78, 5) is 29.0. The number of ether oxygens (including phenoxy) is 1. The van der Waals surface area contributed by atoms with Gasteiger partial charge in [0, 0.05) is 0 Å². The molecule has 0 bridgehead atoms. The number of thioether (sulfide) groups is 1. The van der Waals surface area contributed by atoms with Crippen molar-refractivity contribution in [2.45, 2.75) is 18.6 Å². The first-order chi connectivity index (χ1) is 16.5. The quantitative estimate of drug-likeness (QED) is 0.270. The average molecular weight is 493 g/mol. The van der Waals surface area contributed by atoms with Crippen molar-refractivity contribution in [2.24, 2.45) is 0 Å². The smallest absolute Gasteiger partial charge is 0.350 e. The normalized spacial score (nSPS) is 11.2. The molecule has 0 aliphatic heterocycles. The third kappa shape index (κ3) is 4.15. The number of nitrogens with one attached hydrogen (secondary N) is 1. The predicted molar refractivity (Wildman–Crippen MR) is 132 cm³/mol. The molecule has 3 aromatic heterocycles. The fraction of sp³-hybridized carbons (Fsp3) is 0.174. The van der Waals surface area contributed by atoms with Crippen LogP contribution in [0.5, 0.6) is 0 Å². The summed E-state index contributed by atoms with van der Waals surface area (Å²) in [6.45, 7) is 2.36. The molecule has 5 rings (SSSR count). The number of carbonyl (C=O) groups is 2. The highest BCUT2D eigenvalue weighted by molar-refractivity contribution is 7.99. The van der Waals surface area contributed by atoms with Crippen molar-refractivity contribution in [3.05, 3.63) is 70.7 Å². The van der Waals surface area contributed by atoms with Crippen LogP contribution in [0.25, 0.3) is 16.8 Å². The second kappa shape index (κ2) is 9.27. The van der Waals surface area contributed by atoms with E-state index >= 15 is 0 Å². The monoisotopic (exact) mass is 492 g/mol. The van der Waals surface area contributed by atoms with E-state index in [4.69, 9.17) is 4.74 Å². The molecule has 0 fully saturated rings. The summed E-state index contributed by atoms with van der Waals surface area (Å²) in [5.41, 5.74) is 3.69. The number of anilines is 1. The van der Waals surface area contributed by atoms with E-state index in [9.17, 15) is 9.59 Å². The number of aromatic nitrogens is 5. The van der Waals surface area contributed by atoms with Gasteiger partial charge in [0.15, 0.2) is 10.3 Å². The molecule has 11 heteroatoms. The number of fused-ring (bicyclic) bond motifs is 3. The molecule has 0 saturated heterocycles. The molecule has 0 unspecified atom stereocenters. The van der Waals surface area contributed by atoms with Gasteiger partial charge in [-0.05, 0) is 24.6 Å². The lowest BCUT2D eigenvalue weighted by Crippen LogP contribution is -2.14. The number of esters is 1. The molecule has 0 radical (unpaired) electrons. The molecule has 3 heterocycles. The number of hydrogen-bond donors (Lipinski definition) is 1. The van der Waals surface area contributed by atoms with Crippen molar-refractivity contribution in [3.63, 3.8) is 0 Å². The molecule has 1 N–H and O–H groups in total. The lowest BCUT2D eigenvalue weighted by atomic mass is 10.2. The lowest BCUT2D eigenvalue weighted by Gasteiger charge is -2.04. The third-order valence-corrected chi connectivity index (χ3v) is 7.18. The zero-order chi connectivity index (χ0) is 23.7. The number of hydrogen-bond acceptors (Lipinski definition) is 8. The number of thiazole rings is 1. The van der Waals surface area contributed by atoms with Crippen LogP contribution in [-0.4, -0.2) is 48.9 Å². The van der Waals surface area contributed by atoms with E-state index in [0.717, 1.165) is 27.9 Å². The topological polar surface area (TPSA) is 103 Å². The van der Waals surface area contributed by atoms with Crippen molar-refractivity contribution in [2.75, 3.05) is 18.2 Å². The maximum absolute atomic E-state index is 12.6. The Bertz CT molecular complexity index is 1510. The first kappa shape index (κ1) is 22.1. The number of para-hydroxylation sites is 2. The minimum atomic E-state index is -0.470. The lowest BCUT2D eigenvalue weighted by molar-refractivity contribution is -0.113. The SMILES string of the molecule is COC(=O)c1sc(NC(=O)CSc2nnc3n(Cc4ccccc4)c4ccccc4n23)nc1C. The van der Waals surface area contributed by atoms with Gasteiger partial charge in [0.05, 0.1) is 36.1 Å². The number of carbonyl (C=O) groups excluding carboxylic acids is 2. The molecule has 9 nitrogen and oxygen atoms in total. The zero-order valence-electron chi connectivity index (χ0n) is 18.4. The van der Waals surface area contributed by atoms with Gasteiger partial charge in [-0.2, -0.15) is 0 Å². The van der Waals surface area contributed by atoms with Crippen LogP contribution < -0.4 is 5.32 Å². The highest BCUT2D eigenvalue weighted by Gasteiger charge is 2.20. The van der Waals surface area contributed by atoms with Crippen LogP contribution in [0.15, 0.2) is 59.8 Å². The summed E-state index contributed by atoms with van der Waals surface area (Å²) < 4.78 is 8.83. The fourth-order valence-electron chi connectivity index (χ4n) is 3.67. The van der Waals surface area contributed by atoms with Gasteiger partial charge in [-0.25, -0.2) is 9.78 Å². The minimum Gasteiger partial charge on any atom is -0.465 e. The Morgan fingerprint density at radius 2 is 1.79 bits per heavy atom. The Balaban J connectivity index is 1.37. The molecule has 172 valence electrons. The molecule has 0 atom stereocenters. The summed E-state index contributed by atoms with van der Waals surface area (Å²) in [6, 6.07) is 18.2. The second-order valence-corrected chi connectivity index (χ2v) is 9.38. The summed E-state index contributed by atoms with van der Waals surface area (Å²) in [5, 5.41) is 12.5. The Labute approximate surface area is 202 Å². The van der Waals surface area contributed by atoms with E-state index in [0.29, 0.717) is 33.2 Å². The molecule has 2 aromatic carbocycles. The largest absolute Gasteiger partial charge is 0.465 e. The van der Waals surface area contributed by atoms with Crippen molar-refractivity contribution in [1.82, 2.24) is 24.1 Å². The molecule has 0 saturated carbocycles. The average Bonchev–Trinajstić information content (AvgIpc) is 3.52. The van der Waals surface area contributed by atoms with Gasteiger partial charge in [-0.3, -0.25) is 9.20 Å². The molecule has 0 aliphatic carbocycles. The number of amides is 1. The summed E-state index contributed by atoms with van der Waals surface area (Å²) in [7, 11) is 1.31. The van der Waals surface area contributed by atoms with Crippen LogP contribution in [0.2, 0.25) is 0 Å². The first-order valence-corrected chi connectivity index (χ1v) is 12.2. The van der Waals surface area contributed by atoms with Crippen LogP contribution in [0.1, 0.15) is 20.9 Å². The van der Waals surface area contributed by atoms with E-state index in [1.54, 1.807) is 6.92 Å². The van der Waals surface area contributed by atoms with E-state index < -0.39 is 5.97 Å². The maximum atomic E-state index is 12.6. The Hall–Kier alpha value is -3.70. The molecule has 34 heavy (non-hydrogen) atoms. The maximum Gasteiger partial charge on any atom is 0.350 e. The van der Waals surface area contributed by atoms with Crippen LogP contribution in [-0.2, 0) is 16.1 Å². The third-order valence-electron chi connectivity index (χ3n) is 5.20. The van der Waals surface area contributed by atoms with E-state index in [-0.39, 0.29) is 11.7 Å². The second-order valence-electron chi connectivity index (χ2n) is 7.44. The van der Waals surface area contributed by atoms with Crippen molar-refractivity contribution in [3.8, 4) is 0 Å². The van der Waals surface area contributed by atoms with Crippen LogP contribution >= 0.6 is 23.1 Å². The molecule has 0 aliphatic rings. The van der Waals surface area contributed by atoms with Gasteiger partial charge in [0.1, 0.15) is 4.88 Å². The Morgan fingerprint density at radius 3 is 2.56 bits per heavy atom. The van der Waals surface area contributed by atoms with E-state index in [1.165, 1.54) is 18.9 Å². The van der Waals surface area contributed by atoms with Gasteiger partial charge in [0.25, 0.3) is 0 Å². The van der Waals surface area contributed by atoms with Crippen molar-refractivity contribution in [1.29, 1.82) is 0 Å². The summed E-state index contributed by atoms with van der Waals surface area (Å²) >= 11 is 2.38. The number of methoxy groups -OCH3 is 1. The highest BCUT2D eigenvalue weighted by atomic mass is 32.2. The highest BCUT2D eigenvalue weighted by Crippen LogP contribution is 2.27. The molecule has 1 amide bonds. The fourth-order valence-corrected chi connectivity index (χ4v) is 5.31. The van der Waals surface area contributed by atoms with Gasteiger partial charge in [0.2, 0.25) is 11.7 Å². The summed E-state index contributed by atoms with van der Waals surface area (Å²) in [6.07, 6.45) is 0. The van der Waals surface area contributed by atoms with Crippen molar-refractivity contribution < 1.29 is 14.3 Å². The number of nitrogens with zero attached hydrogens (tertiary/aromatic N) is 5. The Morgan fingerprint density at radius 1 is 1.06 bits per heavy atom. The molecular weight excluding hydrogens is 472 g/mol. The van der Waals surface area contributed by atoms with Gasteiger partial charge >= 0.3 is 5.97 Å². The predicted octanol–water partition coefficient (Wildman–Crippen LogP) is 4.01. The minimum absolute atomic E-state index is 0.116. The van der Waals surface area contributed by atoms with Crippen LogP contribution in [0.3, 0.4) is 0 Å². The molecule has 5 aromatic rings. The summed E-state index contributed by atoms with van der Waals surface area (Å²) in [5.74, 6) is 0.110. The first-order valence-electron chi connectivity index (χ1n) is 10.4. The molecule has 0 spiro atoms. The zero-order valence-corrected chi connectivity index (χ0v) is 20.0. The number of benzene rings is 2. The van der Waals surface area contributed by atoms with E-state index in [1.807, 2.05) is 40.8 Å². The van der Waals surface area contributed by atoms with Crippen LogP contribution in [0.4, 0.5) is 5.13 Å². The number of imidazole rings is 1. The molecular formula is C23H20N6O3S2. The Kier molecular flexibility index (Phi) is 6.03. The van der Waals surface area contributed by atoms with Crippen LogP contribution in [0, 0.1) is 6.92 Å². The van der Waals surface area contributed by atoms with Gasteiger partial charge < -0.3 is 14.6 Å².